The number of allylic oxidation sites excluding steroid dienone is 2. The molecule has 300 valence electrons. The molecule has 6 aromatic heterocycles. The van der Waals surface area contributed by atoms with Crippen LogP contribution >= 0.6 is 0 Å². The second-order valence-electron chi connectivity index (χ2n) is 16.8. The SMILES string of the molecule is C1=CC2c3ccccc3N(c3cccc(-c4cccc(-n5c6ccccc6c6ccc7c8ccccc8n(-c8cccc(-n9c%10ccccc%10c%10ccccc%109)n8)c7c65)n4)n3)C2C=C1. The summed E-state index contributed by atoms with van der Waals surface area (Å²) in [5.74, 6) is 3.71. The van der Waals surface area contributed by atoms with Crippen molar-refractivity contribution < 1.29 is 0 Å². The number of hydrogen-bond acceptors (Lipinski definition) is 4. The van der Waals surface area contributed by atoms with Crippen molar-refractivity contribution in [3.8, 4) is 28.8 Å². The highest BCUT2D eigenvalue weighted by Crippen LogP contribution is 2.47. The normalized spacial score (nSPS) is 15.7. The molecule has 0 N–H and O–H groups in total. The first-order valence-corrected chi connectivity index (χ1v) is 21.9. The zero-order valence-electron chi connectivity index (χ0n) is 34.5. The van der Waals surface area contributed by atoms with Gasteiger partial charge in [-0.25, -0.2) is 15.0 Å². The Hall–Kier alpha value is -8.55. The Bertz CT molecular complexity index is 3900. The fourth-order valence-corrected chi connectivity index (χ4v) is 10.8. The first-order chi connectivity index (χ1) is 31.8. The fourth-order valence-electron chi connectivity index (χ4n) is 10.8. The molecule has 0 saturated heterocycles. The summed E-state index contributed by atoms with van der Waals surface area (Å²) in [4.78, 5) is 18.7. The van der Waals surface area contributed by atoms with Crippen LogP contribution in [0.25, 0.3) is 94.3 Å². The minimum absolute atomic E-state index is 0.161. The van der Waals surface area contributed by atoms with E-state index in [1.54, 1.807) is 0 Å². The molecular weight excluding hydrogens is 783 g/mol. The van der Waals surface area contributed by atoms with Crippen molar-refractivity contribution in [3.63, 3.8) is 0 Å². The predicted octanol–water partition coefficient (Wildman–Crippen LogP) is 13.6. The van der Waals surface area contributed by atoms with Crippen molar-refractivity contribution in [2.75, 3.05) is 4.90 Å². The molecule has 6 aromatic carbocycles. The van der Waals surface area contributed by atoms with Crippen molar-refractivity contribution in [1.82, 2.24) is 28.7 Å². The molecule has 0 spiro atoms. The van der Waals surface area contributed by atoms with Crippen molar-refractivity contribution >= 4 is 76.9 Å². The summed E-state index contributed by atoms with van der Waals surface area (Å²) in [6.45, 7) is 0. The Morgan fingerprint density at radius 1 is 0.328 bits per heavy atom. The molecule has 0 fully saturated rings. The van der Waals surface area contributed by atoms with Gasteiger partial charge in [0.25, 0.3) is 0 Å². The van der Waals surface area contributed by atoms with Crippen molar-refractivity contribution in [2.45, 2.75) is 12.0 Å². The minimum atomic E-state index is 0.161. The van der Waals surface area contributed by atoms with E-state index in [0.717, 1.165) is 89.3 Å². The maximum absolute atomic E-state index is 5.54. The number of rotatable bonds is 5. The summed E-state index contributed by atoms with van der Waals surface area (Å²) >= 11 is 0. The summed E-state index contributed by atoms with van der Waals surface area (Å²) in [7, 11) is 0. The average Bonchev–Trinajstić information content (AvgIpc) is 4.09. The van der Waals surface area contributed by atoms with Gasteiger partial charge in [0.1, 0.15) is 23.3 Å². The van der Waals surface area contributed by atoms with E-state index < -0.39 is 0 Å². The molecule has 2 aliphatic rings. The van der Waals surface area contributed by atoms with Gasteiger partial charge >= 0.3 is 0 Å². The van der Waals surface area contributed by atoms with E-state index in [4.69, 9.17) is 15.0 Å². The van der Waals surface area contributed by atoms with Gasteiger partial charge in [-0.1, -0.05) is 146 Å². The second-order valence-corrected chi connectivity index (χ2v) is 16.8. The van der Waals surface area contributed by atoms with Gasteiger partial charge in [-0.05, 0) is 72.3 Å². The molecule has 0 amide bonds. The van der Waals surface area contributed by atoms with Crippen molar-refractivity contribution in [3.05, 3.63) is 218 Å². The Morgan fingerprint density at radius 3 is 1.38 bits per heavy atom. The van der Waals surface area contributed by atoms with E-state index in [1.165, 1.54) is 22.0 Å². The largest absolute Gasteiger partial charge is 0.318 e. The summed E-state index contributed by atoms with van der Waals surface area (Å²) in [6, 6.07) is 66.9. The van der Waals surface area contributed by atoms with Gasteiger partial charge in [-0.15, -0.1) is 0 Å². The smallest absolute Gasteiger partial charge is 0.140 e. The number of fused-ring (bicyclic) bond motifs is 13. The average molecular weight is 820 g/mol. The number of anilines is 2. The van der Waals surface area contributed by atoms with Crippen molar-refractivity contribution in [2.24, 2.45) is 0 Å². The van der Waals surface area contributed by atoms with Crippen LogP contribution in [-0.4, -0.2) is 34.7 Å². The Kier molecular flexibility index (Phi) is 7.39. The third kappa shape index (κ3) is 4.94. The van der Waals surface area contributed by atoms with E-state index in [1.807, 2.05) is 0 Å². The quantitative estimate of drug-likeness (QED) is 0.174. The summed E-state index contributed by atoms with van der Waals surface area (Å²) in [5.41, 5.74) is 10.7. The van der Waals surface area contributed by atoms with Crippen LogP contribution in [0.15, 0.2) is 212 Å². The minimum Gasteiger partial charge on any atom is -0.318 e. The van der Waals surface area contributed by atoms with Crippen molar-refractivity contribution in [1.29, 1.82) is 0 Å². The summed E-state index contributed by atoms with van der Waals surface area (Å²) in [5, 5.41) is 7.04. The van der Waals surface area contributed by atoms with Gasteiger partial charge in [0, 0.05) is 43.9 Å². The van der Waals surface area contributed by atoms with E-state index >= 15 is 0 Å². The van der Waals surface area contributed by atoms with Crippen LogP contribution in [0.1, 0.15) is 11.5 Å². The highest BCUT2D eigenvalue weighted by Gasteiger charge is 2.37. The molecule has 2 unspecified atom stereocenters. The van der Waals surface area contributed by atoms with Gasteiger partial charge in [0.15, 0.2) is 0 Å². The Balaban J connectivity index is 0.985. The highest BCUT2D eigenvalue weighted by molar-refractivity contribution is 6.23. The lowest BCUT2D eigenvalue weighted by Crippen LogP contribution is -2.29. The molecular formula is C57H37N7. The zero-order valence-corrected chi connectivity index (χ0v) is 34.5. The van der Waals surface area contributed by atoms with Gasteiger partial charge in [-0.3, -0.25) is 13.7 Å². The maximum Gasteiger partial charge on any atom is 0.140 e. The molecule has 0 saturated carbocycles. The predicted molar refractivity (Wildman–Crippen MR) is 262 cm³/mol. The topological polar surface area (TPSA) is 56.7 Å². The van der Waals surface area contributed by atoms with Crippen LogP contribution in [0.3, 0.4) is 0 Å². The fraction of sp³-hybridized carbons (Fsp3) is 0.0351. The number of nitrogens with zero attached hydrogens (tertiary/aromatic N) is 7. The van der Waals surface area contributed by atoms with Crippen LogP contribution in [0.4, 0.5) is 11.5 Å². The third-order valence-electron chi connectivity index (χ3n) is 13.4. The number of para-hydroxylation sites is 5. The van der Waals surface area contributed by atoms with Gasteiger partial charge in [0.2, 0.25) is 0 Å². The number of hydrogen-bond donors (Lipinski definition) is 0. The Labute approximate surface area is 367 Å². The molecule has 2 atom stereocenters. The molecule has 64 heavy (non-hydrogen) atoms. The Morgan fingerprint density at radius 2 is 0.766 bits per heavy atom. The van der Waals surface area contributed by atoms with E-state index in [2.05, 4.69) is 231 Å². The van der Waals surface area contributed by atoms with Crippen LogP contribution in [0.5, 0.6) is 0 Å². The van der Waals surface area contributed by atoms with Crippen LogP contribution in [0.2, 0.25) is 0 Å². The lowest BCUT2D eigenvalue weighted by molar-refractivity contribution is 0.738. The first-order valence-electron chi connectivity index (χ1n) is 21.9. The molecule has 1 aliphatic carbocycles. The second kappa shape index (κ2) is 13.5. The van der Waals surface area contributed by atoms with Crippen LogP contribution in [0, 0.1) is 0 Å². The van der Waals surface area contributed by atoms with E-state index in [-0.39, 0.29) is 12.0 Å². The molecule has 7 heterocycles. The van der Waals surface area contributed by atoms with E-state index in [0.29, 0.717) is 0 Å². The highest BCUT2D eigenvalue weighted by atomic mass is 15.2. The lowest BCUT2D eigenvalue weighted by Gasteiger charge is -2.27. The first kappa shape index (κ1) is 35.1. The number of aromatic nitrogens is 6. The zero-order chi connectivity index (χ0) is 41.9. The molecule has 14 rings (SSSR count). The molecule has 1 aliphatic heterocycles. The van der Waals surface area contributed by atoms with Crippen LogP contribution < -0.4 is 4.90 Å². The molecule has 0 radical (unpaired) electrons. The lowest BCUT2D eigenvalue weighted by atomic mass is 9.91. The van der Waals surface area contributed by atoms with Gasteiger partial charge < -0.3 is 4.90 Å². The van der Waals surface area contributed by atoms with E-state index in [9.17, 15) is 0 Å². The summed E-state index contributed by atoms with van der Waals surface area (Å²) < 4.78 is 6.98. The molecule has 0 bridgehead atoms. The number of pyridine rings is 3. The molecule has 7 nitrogen and oxygen atoms in total. The molecule has 7 heteroatoms. The van der Waals surface area contributed by atoms with Gasteiger partial charge in [0.05, 0.1) is 50.5 Å². The molecule has 12 aromatic rings. The monoisotopic (exact) mass is 819 g/mol. The van der Waals surface area contributed by atoms with Crippen LogP contribution in [-0.2, 0) is 0 Å². The number of benzene rings is 6. The third-order valence-corrected chi connectivity index (χ3v) is 13.4. The summed E-state index contributed by atoms with van der Waals surface area (Å²) in [6.07, 6.45) is 8.90. The maximum atomic E-state index is 5.54. The van der Waals surface area contributed by atoms with Gasteiger partial charge in [-0.2, -0.15) is 0 Å². The standard InChI is InChI=1S/C57H37N7/c1-7-24-46-36(16-1)37-17-2-8-25-47(37)61(46)52-30-13-22-44(58-52)45-23-14-31-53(59-45)63-50-28-11-5-20-40(50)42-34-35-43-41-21-6-12-29-51(41)64(57(43)56(42)63)55-33-15-32-54(60-55)62-48-26-9-3-18-38(48)39-19-4-10-27-49(39)62/h1-36,46H.